The summed E-state index contributed by atoms with van der Waals surface area (Å²) in [6.07, 6.45) is 6.92. The first-order chi connectivity index (χ1) is 6.29. The second kappa shape index (κ2) is 7.27. The third-order valence-corrected chi connectivity index (χ3v) is 1.69. The predicted octanol–water partition coefficient (Wildman–Crippen LogP) is 3.81. The molecular formula is C12H13BrO. The van der Waals surface area contributed by atoms with Crippen molar-refractivity contribution in [3.63, 3.8) is 0 Å². The van der Waals surface area contributed by atoms with E-state index in [9.17, 15) is 4.79 Å². The molecule has 0 N–H and O–H groups in total. The maximum absolute atomic E-state index is 10.5. The van der Waals surface area contributed by atoms with Gasteiger partial charge < -0.3 is 0 Å². The fourth-order valence-corrected chi connectivity index (χ4v) is 1.01. The number of hydrogen-bond acceptors (Lipinski definition) is 1. The summed E-state index contributed by atoms with van der Waals surface area (Å²) in [4.78, 5) is 10.5. The molecule has 0 amide bonds. The zero-order chi connectivity index (χ0) is 9.52. The molecule has 1 rings (SSSR count). The highest BCUT2D eigenvalue weighted by Gasteiger charge is 1.82. The van der Waals surface area contributed by atoms with Gasteiger partial charge in [0.1, 0.15) is 0 Å². The SMILES string of the molecule is C.O=C(Br)C=CC=Cc1ccccc1. The number of halogens is 1. The lowest BCUT2D eigenvalue weighted by Crippen LogP contribution is -1.71. The Morgan fingerprint density at radius 1 is 1.14 bits per heavy atom. The van der Waals surface area contributed by atoms with E-state index in [0.717, 1.165) is 5.56 Å². The van der Waals surface area contributed by atoms with Crippen molar-refractivity contribution in [1.29, 1.82) is 0 Å². The highest BCUT2D eigenvalue weighted by Crippen LogP contribution is 2.00. The van der Waals surface area contributed by atoms with Gasteiger partial charge in [-0.25, -0.2) is 0 Å². The molecule has 0 bridgehead atoms. The van der Waals surface area contributed by atoms with Gasteiger partial charge in [-0.2, -0.15) is 0 Å². The summed E-state index contributed by atoms with van der Waals surface area (Å²) in [7, 11) is 0. The summed E-state index contributed by atoms with van der Waals surface area (Å²) in [6, 6.07) is 9.91. The first-order valence-electron chi connectivity index (χ1n) is 3.88. The zero-order valence-corrected chi connectivity index (χ0v) is 8.57. The summed E-state index contributed by atoms with van der Waals surface area (Å²) in [5.74, 6) is 0. The van der Waals surface area contributed by atoms with E-state index in [1.165, 1.54) is 6.08 Å². The lowest BCUT2D eigenvalue weighted by Gasteiger charge is -1.87. The fraction of sp³-hybridized carbons (Fsp3) is 0.0833. The van der Waals surface area contributed by atoms with Crippen LogP contribution in [0.1, 0.15) is 13.0 Å². The lowest BCUT2D eigenvalue weighted by molar-refractivity contribution is -0.106. The van der Waals surface area contributed by atoms with Gasteiger partial charge in [0.15, 0.2) is 0 Å². The maximum atomic E-state index is 10.5. The fourth-order valence-electron chi connectivity index (χ4n) is 0.862. The molecule has 1 nitrogen and oxygen atoms in total. The van der Waals surface area contributed by atoms with Crippen molar-refractivity contribution in [2.24, 2.45) is 0 Å². The molecule has 0 fully saturated rings. The Balaban J connectivity index is 0.00000169. The Morgan fingerprint density at radius 3 is 2.36 bits per heavy atom. The van der Waals surface area contributed by atoms with Crippen molar-refractivity contribution in [3.05, 3.63) is 54.1 Å². The Hall–Kier alpha value is -1.15. The summed E-state index contributed by atoms with van der Waals surface area (Å²) in [6.45, 7) is 0. The van der Waals surface area contributed by atoms with Crippen molar-refractivity contribution in [3.8, 4) is 0 Å². The third-order valence-electron chi connectivity index (χ3n) is 1.43. The van der Waals surface area contributed by atoms with Crippen LogP contribution in [0.4, 0.5) is 0 Å². The van der Waals surface area contributed by atoms with Gasteiger partial charge in [0.2, 0.25) is 4.69 Å². The molecule has 1 aromatic rings. The molecule has 0 atom stereocenters. The van der Waals surface area contributed by atoms with Crippen molar-refractivity contribution >= 4 is 26.7 Å². The molecule has 0 aliphatic rings. The smallest absolute Gasteiger partial charge is 0.220 e. The van der Waals surface area contributed by atoms with E-state index in [-0.39, 0.29) is 12.1 Å². The Labute approximate surface area is 93.3 Å². The van der Waals surface area contributed by atoms with Crippen molar-refractivity contribution < 1.29 is 4.79 Å². The number of allylic oxidation sites excluding steroid dienone is 3. The van der Waals surface area contributed by atoms with Crippen LogP contribution in [0.3, 0.4) is 0 Å². The molecule has 0 saturated carbocycles. The molecule has 14 heavy (non-hydrogen) atoms. The van der Waals surface area contributed by atoms with Gasteiger partial charge in [0, 0.05) is 0 Å². The van der Waals surface area contributed by atoms with E-state index < -0.39 is 0 Å². The van der Waals surface area contributed by atoms with Gasteiger partial charge in [0.05, 0.1) is 0 Å². The molecule has 0 saturated heterocycles. The molecule has 0 spiro atoms. The number of benzene rings is 1. The van der Waals surface area contributed by atoms with E-state index in [2.05, 4.69) is 15.9 Å². The molecular weight excluding hydrogens is 240 g/mol. The highest BCUT2D eigenvalue weighted by atomic mass is 79.9. The Kier molecular flexibility index (Phi) is 6.68. The highest BCUT2D eigenvalue weighted by molar-refractivity contribution is 9.18. The van der Waals surface area contributed by atoms with Crippen LogP contribution in [0.2, 0.25) is 0 Å². The van der Waals surface area contributed by atoms with Gasteiger partial charge >= 0.3 is 0 Å². The third kappa shape index (κ3) is 5.49. The van der Waals surface area contributed by atoms with Gasteiger partial charge in [-0.3, -0.25) is 4.79 Å². The Morgan fingerprint density at radius 2 is 1.79 bits per heavy atom. The monoisotopic (exact) mass is 252 g/mol. The number of carbonyl (C=O) groups excluding carboxylic acids is 1. The topological polar surface area (TPSA) is 17.1 Å². The second-order valence-corrected chi connectivity index (χ2v) is 3.21. The molecule has 1 aromatic carbocycles. The normalized spacial score (nSPS) is 10.4. The summed E-state index contributed by atoms with van der Waals surface area (Å²) in [5, 5.41) is 0. The van der Waals surface area contributed by atoms with Crippen LogP contribution in [0.15, 0.2) is 48.6 Å². The molecule has 0 radical (unpaired) electrons. The summed E-state index contributed by atoms with van der Waals surface area (Å²) < 4.78 is -0.120. The van der Waals surface area contributed by atoms with Crippen LogP contribution in [-0.4, -0.2) is 4.69 Å². The Bertz CT molecular complexity index is 325. The standard InChI is InChI=1S/C11H9BrO.CH4/c12-11(13)9-5-4-8-10-6-2-1-3-7-10;/h1-9H;1H4. The molecule has 0 aliphatic heterocycles. The predicted molar refractivity (Wildman–Crippen MR) is 65.3 cm³/mol. The van der Waals surface area contributed by atoms with E-state index in [1.54, 1.807) is 6.08 Å². The quantitative estimate of drug-likeness (QED) is 0.454. The van der Waals surface area contributed by atoms with E-state index in [1.807, 2.05) is 42.5 Å². The molecule has 0 aromatic heterocycles. The maximum Gasteiger partial charge on any atom is 0.220 e. The molecule has 2 heteroatoms. The molecule has 74 valence electrons. The molecule has 0 unspecified atom stereocenters. The van der Waals surface area contributed by atoms with Gasteiger partial charge in [-0.1, -0.05) is 56.0 Å². The van der Waals surface area contributed by atoms with Gasteiger partial charge in [-0.15, -0.1) is 0 Å². The molecule has 0 aliphatic carbocycles. The largest absolute Gasteiger partial charge is 0.282 e. The van der Waals surface area contributed by atoms with E-state index in [0.29, 0.717) is 0 Å². The second-order valence-electron chi connectivity index (χ2n) is 2.43. The minimum Gasteiger partial charge on any atom is -0.282 e. The van der Waals surface area contributed by atoms with Gasteiger partial charge in [-0.05, 0) is 27.6 Å². The van der Waals surface area contributed by atoms with Gasteiger partial charge in [0.25, 0.3) is 0 Å². The number of hydrogen-bond donors (Lipinski definition) is 0. The summed E-state index contributed by atoms with van der Waals surface area (Å²) >= 11 is 2.80. The van der Waals surface area contributed by atoms with Crippen LogP contribution in [0.25, 0.3) is 6.08 Å². The first-order valence-corrected chi connectivity index (χ1v) is 4.67. The minimum atomic E-state index is -0.120. The van der Waals surface area contributed by atoms with Crippen LogP contribution in [0, 0.1) is 0 Å². The number of carbonyl (C=O) groups is 1. The summed E-state index contributed by atoms with van der Waals surface area (Å²) in [5.41, 5.74) is 1.12. The van der Waals surface area contributed by atoms with Crippen molar-refractivity contribution in [2.75, 3.05) is 0 Å². The average molecular weight is 253 g/mol. The van der Waals surface area contributed by atoms with Crippen LogP contribution < -0.4 is 0 Å². The zero-order valence-electron chi connectivity index (χ0n) is 6.98. The van der Waals surface area contributed by atoms with Crippen LogP contribution in [-0.2, 0) is 4.79 Å². The average Bonchev–Trinajstić information content (AvgIpc) is 2.14. The lowest BCUT2D eigenvalue weighted by atomic mass is 10.2. The van der Waals surface area contributed by atoms with Crippen LogP contribution >= 0.6 is 15.9 Å². The van der Waals surface area contributed by atoms with Crippen molar-refractivity contribution in [2.45, 2.75) is 7.43 Å². The van der Waals surface area contributed by atoms with Crippen molar-refractivity contribution in [1.82, 2.24) is 0 Å². The van der Waals surface area contributed by atoms with E-state index in [4.69, 9.17) is 0 Å². The number of rotatable bonds is 3. The minimum absolute atomic E-state index is 0. The van der Waals surface area contributed by atoms with E-state index >= 15 is 0 Å². The van der Waals surface area contributed by atoms with Crippen LogP contribution in [0.5, 0.6) is 0 Å². The molecule has 0 heterocycles. The first kappa shape index (κ1) is 12.8.